The molecule has 1 aromatic carbocycles. The predicted molar refractivity (Wildman–Crippen MR) is 51.6 cm³/mol. The first kappa shape index (κ1) is 10.9. The third kappa shape index (κ3) is 1.76. The van der Waals surface area contributed by atoms with Crippen molar-refractivity contribution >= 4 is 10.9 Å². The Morgan fingerprint density at radius 1 is 1.38 bits per heavy atom. The Bertz CT molecular complexity index is 516. The monoisotopic (exact) mass is 230 g/mol. The summed E-state index contributed by atoms with van der Waals surface area (Å²) >= 11 is 0. The highest BCUT2D eigenvalue weighted by Gasteiger charge is 2.31. The summed E-state index contributed by atoms with van der Waals surface area (Å²) in [6, 6.07) is 2.87. The molecule has 0 saturated heterocycles. The molecule has 0 aliphatic heterocycles. The Morgan fingerprint density at radius 3 is 2.62 bits per heavy atom. The largest absolute Gasteiger partial charge is 0.416 e. The molecule has 3 nitrogen and oxygen atoms in total. The molecule has 6 heteroatoms. The van der Waals surface area contributed by atoms with E-state index in [1.54, 1.807) is 6.92 Å². The van der Waals surface area contributed by atoms with Crippen LogP contribution in [0.25, 0.3) is 10.9 Å². The van der Waals surface area contributed by atoms with Crippen molar-refractivity contribution in [3.05, 3.63) is 29.5 Å². The highest BCUT2D eigenvalue weighted by Crippen LogP contribution is 2.32. The summed E-state index contributed by atoms with van der Waals surface area (Å²) in [5.41, 5.74) is 5.01. The number of alkyl halides is 3. The normalized spacial score (nSPS) is 14.3. The van der Waals surface area contributed by atoms with Crippen molar-refractivity contribution in [2.45, 2.75) is 19.1 Å². The lowest BCUT2D eigenvalue weighted by Crippen LogP contribution is -2.05. The van der Waals surface area contributed by atoms with Gasteiger partial charge >= 0.3 is 6.18 Å². The maximum atomic E-state index is 12.4. The van der Waals surface area contributed by atoms with Crippen LogP contribution in [-0.4, -0.2) is 5.16 Å². The molecule has 0 bridgehead atoms. The van der Waals surface area contributed by atoms with Gasteiger partial charge in [0, 0.05) is 5.39 Å². The molecule has 0 aliphatic carbocycles. The minimum atomic E-state index is -4.37. The van der Waals surface area contributed by atoms with Gasteiger partial charge in [0.1, 0.15) is 5.52 Å². The number of fused-ring (bicyclic) bond motifs is 1. The fourth-order valence-corrected chi connectivity index (χ4v) is 1.47. The molecule has 2 aromatic rings. The molecule has 2 rings (SSSR count). The molecule has 1 heterocycles. The van der Waals surface area contributed by atoms with Gasteiger partial charge in [0.05, 0.1) is 11.6 Å². The molecular formula is C10H9F3N2O. The lowest BCUT2D eigenvalue weighted by molar-refractivity contribution is -0.137. The van der Waals surface area contributed by atoms with E-state index in [1.807, 2.05) is 0 Å². The van der Waals surface area contributed by atoms with Gasteiger partial charge in [-0.15, -0.1) is 0 Å². The summed E-state index contributed by atoms with van der Waals surface area (Å²) in [6.07, 6.45) is -4.37. The van der Waals surface area contributed by atoms with E-state index in [4.69, 9.17) is 10.3 Å². The molecule has 86 valence electrons. The van der Waals surface area contributed by atoms with Crippen molar-refractivity contribution in [3.8, 4) is 0 Å². The van der Waals surface area contributed by atoms with Crippen LogP contribution >= 0.6 is 0 Å². The molecule has 1 unspecified atom stereocenters. The second-order valence-electron chi connectivity index (χ2n) is 3.57. The predicted octanol–water partition coefficient (Wildman–Crippen LogP) is 2.87. The molecule has 0 fully saturated rings. The van der Waals surface area contributed by atoms with Crippen LogP contribution in [-0.2, 0) is 6.18 Å². The smallest absolute Gasteiger partial charge is 0.358 e. The molecule has 0 spiro atoms. The average Bonchev–Trinajstić information content (AvgIpc) is 2.58. The fraction of sp³-hybridized carbons (Fsp3) is 0.300. The van der Waals surface area contributed by atoms with Crippen LogP contribution in [0.2, 0.25) is 0 Å². The number of hydrogen-bond donors (Lipinski definition) is 1. The number of benzene rings is 1. The van der Waals surface area contributed by atoms with Gasteiger partial charge in [-0.05, 0) is 25.1 Å². The summed E-state index contributed by atoms with van der Waals surface area (Å²) in [5.74, 6) is 0.392. The van der Waals surface area contributed by atoms with Gasteiger partial charge in [-0.1, -0.05) is 5.16 Å². The van der Waals surface area contributed by atoms with Crippen molar-refractivity contribution in [1.82, 2.24) is 5.16 Å². The number of hydrogen-bond acceptors (Lipinski definition) is 3. The average molecular weight is 230 g/mol. The lowest BCUT2D eigenvalue weighted by Gasteiger charge is -2.05. The van der Waals surface area contributed by atoms with Gasteiger partial charge < -0.3 is 10.3 Å². The Balaban J connectivity index is 2.58. The Kier molecular flexibility index (Phi) is 2.38. The van der Waals surface area contributed by atoms with E-state index in [0.29, 0.717) is 11.1 Å². The van der Waals surface area contributed by atoms with E-state index < -0.39 is 17.8 Å². The Labute approximate surface area is 89.0 Å². The lowest BCUT2D eigenvalue weighted by atomic mass is 10.1. The third-order valence-corrected chi connectivity index (χ3v) is 2.25. The summed E-state index contributed by atoms with van der Waals surface area (Å²) in [4.78, 5) is 0. The van der Waals surface area contributed by atoms with Crippen LogP contribution in [0.3, 0.4) is 0 Å². The topological polar surface area (TPSA) is 52.0 Å². The van der Waals surface area contributed by atoms with Crippen LogP contribution in [0, 0.1) is 0 Å². The fourth-order valence-electron chi connectivity index (χ4n) is 1.47. The summed E-state index contributed by atoms with van der Waals surface area (Å²) in [6.45, 7) is 1.68. The zero-order valence-electron chi connectivity index (χ0n) is 8.38. The van der Waals surface area contributed by atoms with Gasteiger partial charge in [-0.25, -0.2) is 0 Å². The minimum absolute atomic E-state index is 0.169. The van der Waals surface area contributed by atoms with Crippen LogP contribution in [0.15, 0.2) is 22.7 Å². The highest BCUT2D eigenvalue weighted by molar-refractivity contribution is 5.81. The minimum Gasteiger partial charge on any atom is -0.358 e. The second kappa shape index (κ2) is 3.48. The molecule has 1 atom stereocenters. The van der Waals surface area contributed by atoms with E-state index in [2.05, 4.69) is 5.16 Å². The SMILES string of the molecule is CC(N)c1onc2cc(C(F)(F)F)ccc12. The van der Waals surface area contributed by atoms with Gasteiger partial charge in [-0.2, -0.15) is 13.2 Å². The third-order valence-electron chi connectivity index (χ3n) is 2.25. The maximum Gasteiger partial charge on any atom is 0.416 e. The Hall–Kier alpha value is -1.56. The summed E-state index contributed by atoms with van der Waals surface area (Å²) < 4.78 is 42.1. The standard InChI is InChI=1S/C10H9F3N2O/c1-5(14)9-7-3-2-6(10(11,12)13)4-8(7)15-16-9/h2-5H,14H2,1H3. The number of aromatic nitrogens is 1. The first-order valence-corrected chi connectivity index (χ1v) is 4.61. The molecule has 1 aromatic heterocycles. The quantitative estimate of drug-likeness (QED) is 0.819. The van der Waals surface area contributed by atoms with E-state index in [0.717, 1.165) is 12.1 Å². The van der Waals surface area contributed by atoms with Gasteiger partial charge in [0.15, 0.2) is 5.76 Å². The second-order valence-corrected chi connectivity index (χ2v) is 3.57. The molecule has 2 N–H and O–H groups in total. The summed E-state index contributed by atoms with van der Waals surface area (Å²) in [5, 5.41) is 4.08. The highest BCUT2D eigenvalue weighted by atomic mass is 19.4. The number of nitrogens with zero attached hydrogens (tertiary/aromatic N) is 1. The number of nitrogens with two attached hydrogens (primary N) is 1. The molecule has 16 heavy (non-hydrogen) atoms. The van der Waals surface area contributed by atoms with Crippen LogP contribution in [0.4, 0.5) is 13.2 Å². The van der Waals surface area contributed by atoms with E-state index >= 15 is 0 Å². The zero-order valence-corrected chi connectivity index (χ0v) is 8.38. The van der Waals surface area contributed by atoms with E-state index in [1.165, 1.54) is 6.07 Å². The maximum absolute atomic E-state index is 12.4. The van der Waals surface area contributed by atoms with Crippen molar-refractivity contribution in [3.63, 3.8) is 0 Å². The molecular weight excluding hydrogens is 221 g/mol. The molecule has 0 saturated carbocycles. The van der Waals surface area contributed by atoms with Crippen molar-refractivity contribution < 1.29 is 17.7 Å². The molecule has 0 aliphatic rings. The zero-order chi connectivity index (χ0) is 11.9. The molecule has 0 radical (unpaired) electrons. The van der Waals surface area contributed by atoms with Gasteiger partial charge in [0.25, 0.3) is 0 Å². The number of halogens is 3. The molecule has 0 amide bonds. The number of rotatable bonds is 1. The first-order chi connectivity index (χ1) is 7.39. The first-order valence-electron chi connectivity index (χ1n) is 4.61. The van der Waals surface area contributed by atoms with Crippen LogP contribution in [0.5, 0.6) is 0 Å². The van der Waals surface area contributed by atoms with E-state index in [-0.39, 0.29) is 5.52 Å². The van der Waals surface area contributed by atoms with Crippen molar-refractivity contribution in [1.29, 1.82) is 0 Å². The van der Waals surface area contributed by atoms with Crippen molar-refractivity contribution in [2.24, 2.45) is 5.73 Å². The Morgan fingerprint density at radius 2 is 2.06 bits per heavy atom. The van der Waals surface area contributed by atoms with Gasteiger partial charge in [-0.3, -0.25) is 0 Å². The van der Waals surface area contributed by atoms with Crippen LogP contribution in [0.1, 0.15) is 24.3 Å². The van der Waals surface area contributed by atoms with Crippen LogP contribution < -0.4 is 5.73 Å². The van der Waals surface area contributed by atoms with E-state index in [9.17, 15) is 13.2 Å². The van der Waals surface area contributed by atoms with Gasteiger partial charge in [0.2, 0.25) is 0 Å². The van der Waals surface area contributed by atoms with Crippen molar-refractivity contribution in [2.75, 3.05) is 0 Å². The summed E-state index contributed by atoms with van der Waals surface area (Å²) in [7, 11) is 0.